The van der Waals surface area contributed by atoms with Gasteiger partial charge in [-0.05, 0) is 107 Å². The topological polar surface area (TPSA) is 55.8 Å². The molecule has 1 N–H and O–H groups in total. The zero-order valence-electron chi connectivity index (χ0n) is 22.5. The van der Waals surface area contributed by atoms with Crippen LogP contribution in [0.2, 0.25) is 0 Å². The number of carboxylic acids is 1. The highest BCUT2D eigenvalue weighted by atomic mass is 19.1. The first-order chi connectivity index (χ1) is 18.2. The van der Waals surface area contributed by atoms with Crippen molar-refractivity contribution in [3.05, 3.63) is 88.7 Å². The highest BCUT2D eigenvalue weighted by Gasteiger charge is 2.32. The average molecular weight is 515 g/mol. The van der Waals surface area contributed by atoms with E-state index in [9.17, 15) is 9.90 Å². The van der Waals surface area contributed by atoms with Crippen molar-refractivity contribution in [2.45, 2.75) is 59.0 Å². The summed E-state index contributed by atoms with van der Waals surface area (Å²) in [5, 5.41) is 9.53. The zero-order valence-corrected chi connectivity index (χ0v) is 22.5. The maximum atomic E-state index is 15.0. The van der Waals surface area contributed by atoms with Gasteiger partial charge in [0.25, 0.3) is 0 Å². The van der Waals surface area contributed by atoms with E-state index in [2.05, 4.69) is 32.1 Å². The predicted octanol–water partition coefficient (Wildman–Crippen LogP) is 8.03. The van der Waals surface area contributed by atoms with Crippen LogP contribution in [0.25, 0.3) is 16.7 Å². The fourth-order valence-electron chi connectivity index (χ4n) is 6.00. The molecule has 3 aromatic rings. The lowest BCUT2D eigenvalue weighted by molar-refractivity contribution is -0.141. The second-order valence-electron chi connectivity index (χ2n) is 11.2. The monoisotopic (exact) mass is 514 g/mol. The van der Waals surface area contributed by atoms with Crippen molar-refractivity contribution in [3.8, 4) is 22.6 Å². The summed E-state index contributed by atoms with van der Waals surface area (Å²) >= 11 is 0. The molecule has 0 amide bonds. The molecule has 4 nitrogen and oxygen atoms in total. The van der Waals surface area contributed by atoms with Gasteiger partial charge >= 0.3 is 5.97 Å². The van der Waals surface area contributed by atoms with Crippen LogP contribution < -0.4 is 9.47 Å². The molecule has 198 valence electrons. The van der Waals surface area contributed by atoms with Gasteiger partial charge in [0.15, 0.2) is 0 Å². The van der Waals surface area contributed by atoms with Gasteiger partial charge in [-0.1, -0.05) is 45.0 Å². The van der Waals surface area contributed by atoms with Crippen LogP contribution >= 0.6 is 0 Å². The fraction of sp³-hybridized carbons (Fsp3) is 0.364. The molecule has 0 radical (unpaired) electrons. The largest absolute Gasteiger partial charge is 0.497 e. The van der Waals surface area contributed by atoms with Crippen molar-refractivity contribution in [2.24, 2.45) is 11.3 Å². The van der Waals surface area contributed by atoms with Crippen molar-refractivity contribution >= 4 is 11.5 Å². The van der Waals surface area contributed by atoms with Crippen molar-refractivity contribution in [3.63, 3.8) is 0 Å². The van der Waals surface area contributed by atoms with Gasteiger partial charge in [-0.15, -0.1) is 0 Å². The highest BCUT2D eigenvalue weighted by Crippen LogP contribution is 2.47. The van der Waals surface area contributed by atoms with Crippen LogP contribution in [-0.2, 0) is 17.8 Å². The van der Waals surface area contributed by atoms with Crippen LogP contribution in [0, 0.1) is 17.2 Å². The maximum Gasteiger partial charge on any atom is 0.306 e. The molecule has 0 fully saturated rings. The number of carbonyl (C=O) groups is 1. The first kappa shape index (κ1) is 26.0. The lowest BCUT2D eigenvalue weighted by Gasteiger charge is -2.25. The molecule has 0 aliphatic heterocycles. The average Bonchev–Trinajstić information content (AvgIpc) is 3.49. The van der Waals surface area contributed by atoms with E-state index in [0.717, 1.165) is 53.7 Å². The number of allylic oxidation sites excluding steroid dienone is 2. The summed E-state index contributed by atoms with van der Waals surface area (Å²) < 4.78 is 26.6. The minimum Gasteiger partial charge on any atom is -0.497 e. The lowest BCUT2D eigenvalue weighted by Crippen LogP contribution is -2.17. The summed E-state index contributed by atoms with van der Waals surface area (Å²) in [7, 11) is 1.59. The Hall–Kier alpha value is -3.60. The van der Waals surface area contributed by atoms with Gasteiger partial charge in [-0.2, -0.15) is 0 Å². The molecular formula is C33H35FO4. The van der Waals surface area contributed by atoms with Crippen molar-refractivity contribution in [2.75, 3.05) is 7.11 Å². The molecule has 2 aliphatic rings. The van der Waals surface area contributed by atoms with E-state index in [-0.39, 0.29) is 17.2 Å². The minimum atomic E-state index is -0.765. The molecule has 0 heterocycles. The van der Waals surface area contributed by atoms with Crippen LogP contribution in [-0.4, -0.2) is 18.2 Å². The molecule has 0 saturated carbocycles. The third kappa shape index (κ3) is 4.94. The Bertz CT molecular complexity index is 1400. The molecule has 1 unspecified atom stereocenters. The van der Waals surface area contributed by atoms with Gasteiger partial charge < -0.3 is 14.6 Å². The van der Waals surface area contributed by atoms with Crippen molar-refractivity contribution in [1.29, 1.82) is 0 Å². The normalized spacial score (nSPS) is 18.6. The molecule has 2 atom stereocenters. The lowest BCUT2D eigenvalue weighted by atomic mass is 9.79. The van der Waals surface area contributed by atoms with E-state index in [4.69, 9.17) is 9.47 Å². The van der Waals surface area contributed by atoms with Gasteiger partial charge in [0, 0.05) is 5.56 Å². The maximum absolute atomic E-state index is 15.0. The Labute approximate surface area is 224 Å². The molecule has 2 aliphatic carbocycles. The quantitative estimate of drug-likeness (QED) is 0.331. The number of benzene rings is 3. The van der Waals surface area contributed by atoms with Crippen LogP contribution in [0.5, 0.6) is 11.5 Å². The molecule has 0 aromatic heterocycles. The smallest absolute Gasteiger partial charge is 0.306 e. The number of carboxylic acid groups (broad SMARTS) is 1. The van der Waals surface area contributed by atoms with E-state index in [1.807, 2.05) is 24.3 Å². The Morgan fingerprint density at radius 3 is 2.55 bits per heavy atom. The molecule has 5 heteroatoms. The first-order valence-corrected chi connectivity index (χ1v) is 13.3. The Morgan fingerprint density at radius 2 is 1.84 bits per heavy atom. The predicted molar refractivity (Wildman–Crippen MR) is 148 cm³/mol. The number of halogens is 1. The SMILES string of the molecule is COc1ccc(F)c(-c2ccc(COc3ccc4c(c3)C([C@H](C)C(=O)O)CC4)cc2C2=CCCC2(C)C)c1. The Morgan fingerprint density at radius 1 is 1.05 bits per heavy atom. The first-order valence-electron chi connectivity index (χ1n) is 13.3. The van der Waals surface area contributed by atoms with Crippen molar-refractivity contribution in [1.82, 2.24) is 0 Å². The van der Waals surface area contributed by atoms with E-state index in [1.165, 1.54) is 17.2 Å². The molecule has 3 aromatic carbocycles. The standard InChI is InChI=1S/C33H35FO4/c1-20(32(35)36)25-13-9-22-8-10-24(18-27(22)25)38-19-21-7-12-26(29-17-23(37-4)11-14-31(29)34)28(16-21)30-6-5-15-33(30,2)3/h6-8,10-12,14,16-18,20,25H,5,9,13,15,19H2,1-4H3,(H,35,36)/t20-,25?/m0/s1. The van der Waals surface area contributed by atoms with Gasteiger partial charge in [-0.25, -0.2) is 4.39 Å². The summed E-state index contributed by atoms with van der Waals surface area (Å²) in [5.41, 5.74) is 6.87. The third-order valence-corrected chi connectivity index (χ3v) is 8.32. The molecule has 0 spiro atoms. The molecular weight excluding hydrogens is 479 g/mol. The van der Waals surface area contributed by atoms with Crippen LogP contribution in [0.15, 0.2) is 60.7 Å². The van der Waals surface area contributed by atoms with E-state index < -0.39 is 11.9 Å². The highest BCUT2D eigenvalue weighted by molar-refractivity contribution is 5.85. The molecule has 0 saturated heterocycles. The number of aryl methyl sites for hydroxylation is 1. The summed E-state index contributed by atoms with van der Waals surface area (Å²) in [5.74, 6) is -0.119. The molecule has 5 rings (SSSR count). The number of methoxy groups -OCH3 is 1. The second-order valence-corrected chi connectivity index (χ2v) is 11.2. The van der Waals surface area contributed by atoms with Gasteiger partial charge in [0.2, 0.25) is 0 Å². The Kier molecular flexibility index (Phi) is 7.04. The number of ether oxygens (including phenoxy) is 2. The van der Waals surface area contributed by atoms with E-state index in [1.54, 1.807) is 26.2 Å². The van der Waals surface area contributed by atoms with Gasteiger partial charge in [0.1, 0.15) is 23.9 Å². The summed E-state index contributed by atoms with van der Waals surface area (Å²) in [6, 6.07) is 17.0. The zero-order chi connectivity index (χ0) is 27.0. The van der Waals surface area contributed by atoms with Gasteiger partial charge in [0.05, 0.1) is 13.0 Å². The summed E-state index contributed by atoms with van der Waals surface area (Å²) in [4.78, 5) is 11.6. The fourth-order valence-corrected chi connectivity index (χ4v) is 6.00. The second kappa shape index (κ2) is 10.3. The van der Waals surface area contributed by atoms with Crippen molar-refractivity contribution < 1.29 is 23.8 Å². The number of aliphatic carboxylic acids is 1. The van der Waals surface area contributed by atoms with E-state index >= 15 is 4.39 Å². The number of hydrogen-bond acceptors (Lipinski definition) is 3. The van der Waals surface area contributed by atoms with Crippen LogP contribution in [0.1, 0.15) is 68.2 Å². The third-order valence-electron chi connectivity index (χ3n) is 8.32. The molecule has 38 heavy (non-hydrogen) atoms. The summed E-state index contributed by atoms with van der Waals surface area (Å²) in [6.07, 6.45) is 6.06. The van der Waals surface area contributed by atoms with E-state index in [0.29, 0.717) is 17.9 Å². The number of fused-ring (bicyclic) bond motifs is 1. The number of rotatable bonds is 8. The minimum absolute atomic E-state index is 0.00577. The van der Waals surface area contributed by atoms with Gasteiger partial charge in [-0.3, -0.25) is 4.79 Å². The Balaban J connectivity index is 1.46. The summed E-state index contributed by atoms with van der Waals surface area (Å²) in [6.45, 7) is 6.61. The van der Waals surface area contributed by atoms with Crippen LogP contribution in [0.4, 0.5) is 4.39 Å². The molecule has 0 bridgehead atoms. The van der Waals surface area contributed by atoms with Crippen LogP contribution in [0.3, 0.4) is 0 Å². The number of hydrogen-bond donors (Lipinski definition) is 1.